The number of hydrogen-bond donors (Lipinski definition) is 2. The predicted octanol–water partition coefficient (Wildman–Crippen LogP) is 1.97. The third-order valence-corrected chi connectivity index (χ3v) is 8.03. The largest absolute Gasteiger partial charge is 0.490 e. The maximum Gasteiger partial charge on any atom is 0.387 e. The Morgan fingerprint density at radius 3 is 2.40 bits per heavy atom. The van der Waals surface area contributed by atoms with Crippen molar-refractivity contribution in [3.05, 3.63) is 59.2 Å². The van der Waals surface area contributed by atoms with Crippen molar-refractivity contribution in [2.75, 3.05) is 44.6 Å². The summed E-state index contributed by atoms with van der Waals surface area (Å²) in [5.41, 5.74) is 2.79. The number of aliphatic hydroxyl groups excluding tert-OH is 1. The number of hydrogen-bond acceptors (Lipinski definition) is 7. The summed E-state index contributed by atoms with van der Waals surface area (Å²) in [6.07, 6.45) is -1.35. The molecule has 2 aromatic rings. The van der Waals surface area contributed by atoms with Gasteiger partial charge in [-0.1, -0.05) is 6.07 Å². The average molecular weight is 508 g/mol. The van der Waals surface area contributed by atoms with Gasteiger partial charge in [-0.05, 0) is 53.1 Å². The fourth-order valence-electron chi connectivity index (χ4n) is 4.46. The standard InChI is InChI=1S/C23H23F2N3O6S/c24-23(25)34-17-2-4-18(5-3-17)35(31,32)28-12-15-10-27(11-16(15)13-28)22(30)21(29)14-1-6-20-19(9-14)26-7-8-33-20/h1-6,9,21,23,26,29H,7-8,10-13H2/t21-/m0/s1. The number of rotatable bonds is 6. The van der Waals surface area contributed by atoms with E-state index in [4.69, 9.17) is 4.74 Å². The third-order valence-electron chi connectivity index (χ3n) is 6.22. The van der Waals surface area contributed by atoms with Crippen molar-refractivity contribution in [2.45, 2.75) is 17.6 Å². The lowest BCUT2D eigenvalue weighted by atomic mass is 10.1. The van der Waals surface area contributed by atoms with Crippen molar-refractivity contribution >= 4 is 21.6 Å². The number of ether oxygens (including phenoxy) is 2. The number of nitrogens with one attached hydrogen (secondary N) is 1. The first-order chi connectivity index (χ1) is 16.7. The topological polar surface area (TPSA) is 108 Å². The van der Waals surface area contributed by atoms with Crippen LogP contribution < -0.4 is 14.8 Å². The van der Waals surface area contributed by atoms with Crippen molar-refractivity contribution in [1.29, 1.82) is 0 Å². The molecule has 1 amide bonds. The third kappa shape index (κ3) is 4.56. The predicted molar refractivity (Wildman–Crippen MR) is 121 cm³/mol. The summed E-state index contributed by atoms with van der Waals surface area (Å²) in [4.78, 5) is 14.4. The van der Waals surface area contributed by atoms with Crippen LogP contribution >= 0.6 is 0 Å². The molecule has 35 heavy (non-hydrogen) atoms. The Labute approximate surface area is 200 Å². The van der Waals surface area contributed by atoms with Crippen molar-refractivity contribution in [3.8, 4) is 11.5 Å². The first kappa shape index (κ1) is 23.5. The van der Waals surface area contributed by atoms with Gasteiger partial charge in [0.1, 0.15) is 18.1 Å². The molecular weight excluding hydrogens is 484 g/mol. The highest BCUT2D eigenvalue weighted by Crippen LogP contribution is 2.34. The second-order valence-corrected chi connectivity index (χ2v) is 10.4. The Kier molecular flexibility index (Phi) is 6.11. The number of anilines is 1. The van der Waals surface area contributed by atoms with Gasteiger partial charge < -0.3 is 24.8 Å². The molecule has 0 saturated carbocycles. The summed E-state index contributed by atoms with van der Waals surface area (Å²) in [5, 5.41) is 13.8. The van der Waals surface area contributed by atoms with E-state index in [0.29, 0.717) is 24.5 Å². The molecule has 1 atom stereocenters. The lowest BCUT2D eigenvalue weighted by molar-refractivity contribution is -0.139. The molecule has 0 spiro atoms. The molecule has 12 heteroatoms. The maximum atomic E-state index is 13.0. The zero-order valence-electron chi connectivity index (χ0n) is 18.5. The smallest absolute Gasteiger partial charge is 0.387 e. The molecule has 0 bridgehead atoms. The van der Waals surface area contributed by atoms with Crippen LogP contribution in [0.15, 0.2) is 58.5 Å². The lowest BCUT2D eigenvalue weighted by Crippen LogP contribution is -2.38. The summed E-state index contributed by atoms with van der Waals surface area (Å²) in [6.45, 7) is -1.12. The lowest BCUT2D eigenvalue weighted by Gasteiger charge is -2.25. The van der Waals surface area contributed by atoms with Gasteiger partial charge in [0, 0.05) is 32.7 Å². The number of halogens is 2. The van der Waals surface area contributed by atoms with E-state index in [0.717, 1.165) is 16.8 Å². The number of amides is 1. The first-order valence-electron chi connectivity index (χ1n) is 10.9. The van der Waals surface area contributed by atoms with Crippen molar-refractivity contribution in [2.24, 2.45) is 0 Å². The van der Waals surface area contributed by atoms with Crippen LogP contribution in [0.1, 0.15) is 11.7 Å². The Morgan fingerprint density at radius 1 is 1.06 bits per heavy atom. The number of nitrogens with zero attached hydrogens (tertiary/aromatic N) is 2. The van der Waals surface area contributed by atoms with E-state index < -0.39 is 28.6 Å². The van der Waals surface area contributed by atoms with Crippen LogP contribution in [0.5, 0.6) is 11.5 Å². The highest BCUT2D eigenvalue weighted by atomic mass is 32.2. The van der Waals surface area contributed by atoms with E-state index in [-0.39, 0.29) is 36.8 Å². The zero-order chi connectivity index (χ0) is 24.7. The molecule has 3 aliphatic rings. The van der Waals surface area contributed by atoms with Gasteiger partial charge in [-0.2, -0.15) is 13.1 Å². The molecule has 3 heterocycles. The number of carbonyl (C=O) groups is 1. The molecular formula is C23H23F2N3O6S. The van der Waals surface area contributed by atoms with Crippen LogP contribution in [0, 0.1) is 0 Å². The minimum atomic E-state index is -3.85. The minimum Gasteiger partial charge on any atom is -0.490 e. The number of fused-ring (bicyclic) bond motifs is 1. The van der Waals surface area contributed by atoms with Crippen LogP contribution in [0.3, 0.4) is 0 Å². The van der Waals surface area contributed by atoms with Crippen LogP contribution in [0.4, 0.5) is 14.5 Å². The highest BCUT2D eigenvalue weighted by molar-refractivity contribution is 7.89. The molecule has 3 aliphatic heterocycles. The Bertz CT molecular complexity index is 1260. The van der Waals surface area contributed by atoms with E-state index in [9.17, 15) is 27.1 Å². The Morgan fingerprint density at radius 2 is 1.74 bits per heavy atom. The van der Waals surface area contributed by atoms with E-state index in [1.165, 1.54) is 33.5 Å². The first-order valence-corrected chi connectivity index (χ1v) is 12.4. The molecule has 0 aromatic heterocycles. The summed E-state index contributed by atoms with van der Waals surface area (Å²) < 4.78 is 61.7. The van der Waals surface area contributed by atoms with Crippen LogP contribution in [0.2, 0.25) is 0 Å². The van der Waals surface area contributed by atoms with Gasteiger partial charge in [-0.25, -0.2) is 8.42 Å². The van der Waals surface area contributed by atoms with Crippen LogP contribution in [-0.4, -0.2) is 74.6 Å². The number of alkyl halides is 2. The van der Waals surface area contributed by atoms with Gasteiger partial charge in [0.15, 0.2) is 6.10 Å². The van der Waals surface area contributed by atoms with Gasteiger partial charge in [-0.3, -0.25) is 4.79 Å². The van der Waals surface area contributed by atoms with Gasteiger partial charge >= 0.3 is 6.61 Å². The summed E-state index contributed by atoms with van der Waals surface area (Å²) >= 11 is 0. The number of carbonyl (C=O) groups excluding carboxylic acids is 1. The van der Waals surface area contributed by atoms with Crippen LogP contribution in [-0.2, 0) is 14.8 Å². The van der Waals surface area contributed by atoms with E-state index >= 15 is 0 Å². The maximum absolute atomic E-state index is 13.0. The SMILES string of the molecule is O=C([C@@H](O)c1ccc2c(c1)NCCO2)N1CC2=C(C1)CN(S(=O)(=O)c1ccc(OC(F)F)cc1)C2. The van der Waals surface area contributed by atoms with Crippen LogP contribution in [0.25, 0.3) is 0 Å². The Hall–Kier alpha value is -3.22. The van der Waals surface area contributed by atoms with Gasteiger partial charge in [-0.15, -0.1) is 0 Å². The fraction of sp³-hybridized carbons (Fsp3) is 0.348. The summed E-state index contributed by atoms with van der Waals surface area (Å²) in [6, 6.07) is 9.87. The quantitative estimate of drug-likeness (QED) is 0.576. The average Bonchev–Trinajstić information content (AvgIpc) is 3.43. The Balaban J connectivity index is 1.21. The molecule has 5 rings (SSSR count). The summed E-state index contributed by atoms with van der Waals surface area (Å²) in [7, 11) is -3.85. The summed E-state index contributed by atoms with van der Waals surface area (Å²) in [5.74, 6) is 0.0787. The van der Waals surface area contributed by atoms with E-state index in [1.807, 2.05) is 0 Å². The van der Waals surface area contributed by atoms with E-state index in [1.54, 1.807) is 18.2 Å². The fourth-order valence-corrected chi connectivity index (χ4v) is 5.89. The van der Waals surface area contributed by atoms with Gasteiger partial charge in [0.25, 0.3) is 5.91 Å². The molecule has 186 valence electrons. The molecule has 0 unspecified atom stereocenters. The molecule has 0 saturated heterocycles. The second kappa shape index (κ2) is 9.10. The van der Waals surface area contributed by atoms with Crippen molar-refractivity contribution in [1.82, 2.24) is 9.21 Å². The second-order valence-electron chi connectivity index (χ2n) is 8.46. The van der Waals surface area contributed by atoms with Gasteiger partial charge in [0.05, 0.1) is 10.6 Å². The number of aliphatic hydroxyl groups is 1. The minimum absolute atomic E-state index is 0.0337. The zero-order valence-corrected chi connectivity index (χ0v) is 19.3. The van der Waals surface area contributed by atoms with Crippen molar-refractivity contribution < 1.29 is 36.6 Å². The molecule has 0 fully saturated rings. The normalized spacial score (nSPS) is 18.7. The van der Waals surface area contributed by atoms with E-state index in [2.05, 4.69) is 10.1 Å². The molecule has 2 aromatic carbocycles. The number of sulfonamides is 1. The monoisotopic (exact) mass is 507 g/mol. The van der Waals surface area contributed by atoms with Crippen molar-refractivity contribution in [3.63, 3.8) is 0 Å². The molecule has 0 radical (unpaired) electrons. The highest BCUT2D eigenvalue weighted by Gasteiger charge is 2.39. The molecule has 0 aliphatic carbocycles. The van der Waals surface area contributed by atoms with Gasteiger partial charge in [0.2, 0.25) is 10.0 Å². The molecule has 2 N–H and O–H groups in total. The molecule has 9 nitrogen and oxygen atoms in total. The number of benzene rings is 2.